The Bertz CT molecular complexity index is 1250. The molecule has 176 valence electrons. The van der Waals surface area contributed by atoms with E-state index in [0.29, 0.717) is 19.0 Å². The average Bonchev–Trinajstić information content (AvgIpc) is 3.42. The molecule has 0 fully saturated rings. The molecule has 0 atom stereocenters. The monoisotopic (exact) mass is 490 g/mol. The van der Waals surface area contributed by atoms with E-state index < -0.39 is 0 Å². The minimum Gasteiger partial charge on any atom is -0.317 e. The lowest BCUT2D eigenvalue weighted by molar-refractivity contribution is -0.116. The van der Waals surface area contributed by atoms with Gasteiger partial charge in [-0.15, -0.1) is 22.7 Å². The predicted octanol–water partition coefficient (Wildman–Crippen LogP) is 5.91. The van der Waals surface area contributed by atoms with Crippen molar-refractivity contribution in [1.29, 1.82) is 0 Å². The van der Waals surface area contributed by atoms with Gasteiger partial charge in [-0.25, -0.2) is 4.98 Å². The summed E-state index contributed by atoms with van der Waals surface area (Å²) >= 11 is 3.44. The summed E-state index contributed by atoms with van der Waals surface area (Å²) in [4.78, 5) is 21.7. The fraction of sp³-hybridized carbons (Fsp3) is 0.333. The van der Waals surface area contributed by atoms with Gasteiger partial charge in [-0.05, 0) is 43.5 Å². The molecule has 0 saturated heterocycles. The highest BCUT2D eigenvalue weighted by Gasteiger charge is 2.28. The normalized spacial score (nSPS) is 14.0. The summed E-state index contributed by atoms with van der Waals surface area (Å²) in [5.41, 5.74) is 4.74. The molecule has 5 nitrogen and oxygen atoms in total. The van der Waals surface area contributed by atoms with Crippen molar-refractivity contribution in [1.82, 2.24) is 15.2 Å². The summed E-state index contributed by atoms with van der Waals surface area (Å²) in [7, 11) is 0. The second kappa shape index (κ2) is 10.4. The number of amides is 1. The molecule has 0 bridgehead atoms. The summed E-state index contributed by atoms with van der Waals surface area (Å²) in [6.45, 7) is 7.88. The van der Waals surface area contributed by atoms with E-state index in [9.17, 15) is 4.79 Å². The van der Waals surface area contributed by atoms with Crippen LogP contribution in [0.5, 0.6) is 0 Å². The van der Waals surface area contributed by atoms with E-state index >= 15 is 0 Å². The van der Waals surface area contributed by atoms with Crippen LogP contribution in [0.1, 0.15) is 36.3 Å². The maximum atomic E-state index is 12.9. The number of benzene rings is 2. The number of hydrogen-bond acceptors (Lipinski definition) is 6. The van der Waals surface area contributed by atoms with Crippen LogP contribution in [0, 0.1) is 0 Å². The highest BCUT2D eigenvalue weighted by atomic mass is 32.1. The SMILES string of the molecule is CC(C)N1CCc2c(sc(NC(=O)CCNCc3ccccc3)c2-c2nc3ccccc3s2)C1. The molecule has 0 spiro atoms. The Labute approximate surface area is 208 Å². The fourth-order valence-corrected chi connectivity index (χ4v) is 6.78. The number of hydrogen-bond donors (Lipinski definition) is 2. The molecular formula is C27H30N4OS2. The Morgan fingerprint density at radius 1 is 1.09 bits per heavy atom. The van der Waals surface area contributed by atoms with Crippen LogP contribution in [-0.2, 0) is 24.3 Å². The molecule has 2 aromatic carbocycles. The quantitative estimate of drug-likeness (QED) is 0.302. The molecule has 2 aromatic heterocycles. The van der Waals surface area contributed by atoms with Crippen molar-refractivity contribution < 1.29 is 4.79 Å². The minimum atomic E-state index is 0.0437. The molecule has 1 aliphatic rings. The molecule has 2 N–H and O–H groups in total. The Morgan fingerprint density at radius 3 is 2.68 bits per heavy atom. The van der Waals surface area contributed by atoms with E-state index in [1.807, 2.05) is 24.3 Å². The van der Waals surface area contributed by atoms with Gasteiger partial charge in [0.05, 0.1) is 10.2 Å². The number of carbonyl (C=O) groups excluding carboxylic acids is 1. The van der Waals surface area contributed by atoms with Crippen LogP contribution in [-0.4, -0.2) is 34.9 Å². The summed E-state index contributed by atoms with van der Waals surface area (Å²) in [5, 5.41) is 8.57. The first-order chi connectivity index (χ1) is 16.6. The van der Waals surface area contributed by atoms with Gasteiger partial charge in [0.25, 0.3) is 0 Å². The van der Waals surface area contributed by atoms with E-state index in [4.69, 9.17) is 4.98 Å². The van der Waals surface area contributed by atoms with Crippen LogP contribution < -0.4 is 10.6 Å². The molecule has 34 heavy (non-hydrogen) atoms. The van der Waals surface area contributed by atoms with Gasteiger partial charge in [0.2, 0.25) is 5.91 Å². The van der Waals surface area contributed by atoms with Gasteiger partial charge in [-0.2, -0.15) is 0 Å². The van der Waals surface area contributed by atoms with Crippen molar-refractivity contribution in [3.63, 3.8) is 0 Å². The number of thiazole rings is 1. The third-order valence-electron chi connectivity index (χ3n) is 6.28. The lowest BCUT2D eigenvalue weighted by Gasteiger charge is -2.30. The fourth-order valence-electron chi connectivity index (χ4n) is 4.38. The predicted molar refractivity (Wildman–Crippen MR) is 144 cm³/mol. The Balaban J connectivity index is 1.35. The third-order valence-corrected chi connectivity index (χ3v) is 8.46. The van der Waals surface area contributed by atoms with Crippen LogP contribution in [0.25, 0.3) is 20.8 Å². The highest BCUT2D eigenvalue weighted by molar-refractivity contribution is 7.22. The number of fused-ring (bicyclic) bond motifs is 2. The zero-order valence-corrected chi connectivity index (χ0v) is 21.3. The number of carbonyl (C=O) groups is 1. The summed E-state index contributed by atoms with van der Waals surface area (Å²) in [5.74, 6) is 0.0437. The molecule has 1 amide bonds. The summed E-state index contributed by atoms with van der Waals surface area (Å²) in [6, 6.07) is 19.0. The third kappa shape index (κ3) is 5.08. The average molecular weight is 491 g/mol. The van der Waals surface area contributed by atoms with E-state index in [-0.39, 0.29) is 5.91 Å². The molecule has 3 heterocycles. The van der Waals surface area contributed by atoms with E-state index in [0.717, 1.165) is 47.1 Å². The zero-order valence-electron chi connectivity index (χ0n) is 19.6. The van der Waals surface area contributed by atoms with Gasteiger partial charge in [-0.3, -0.25) is 9.69 Å². The molecule has 0 unspecified atom stereocenters. The molecule has 0 radical (unpaired) electrons. The first-order valence-electron chi connectivity index (χ1n) is 11.9. The van der Waals surface area contributed by atoms with Crippen molar-refractivity contribution in [2.24, 2.45) is 0 Å². The van der Waals surface area contributed by atoms with Gasteiger partial charge >= 0.3 is 0 Å². The first kappa shape index (κ1) is 23.2. The van der Waals surface area contributed by atoms with Crippen LogP contribution in [0.15, 0.2) is 54.6 Å². The van der Waals surface area contributed by atoms with Crippen molar-refractivity contribution in [2.75, 3.05) is 18.4 Å². The number of thiophene rings is 1. The number of nitrogens with one attached hydrogen (secondary N) is 2. The Kier molecular flexibility index (Phi) is 7.06. The second-order valence-electron chi connectivity index (χ2n) is 8.97. The van der Waals surface area contributed by atoms with Crippen molar-refractivity contribution in [3.05, 3.63) is 70.6 Å². The molecule has 1 aliphatic heterocycles. The highest BCUT2D eigenvalue weighted by Crippen LogP contribution is 2.45. The number of anilines is 1. The number of para-hydroxylation sites is 1. The second-order valence-corrected chi connectivity index (χ2v) is 11.1. The van der Waals surface area contributed by atoms with Gasteiger partial charge in [0.15, 0.2) is 0 Å². The number of aromatic nitrogens is 1. The van der Waals surface area contributed by atoms with E-state index in [2.05, 4.69) is 59.7 Å². The maximum Gasteiger partial charge on any atom is 0.226 e. The first-order valence-corrected chi connectivity index (χ1v) is 13.5. The van der Waals surface area contributed by atoms with Gasteiger partial charge in [0.1, 0.15) is 10.0 Å². The van der Waals surface area contributed by atoms with Gasteiger partial charge < -0.3 is 10.6 Å². The van der Waals surface area contributed by atoms with Crippen LogP contribution in [0.4, 0.5) is 5.00 Å². The molecule has 0 aliphatic carbocycles. The molecular weight excluding hydrogens is 460 g/mol. The van der Waals surface area contributed by atoms with Crippen molar-refractivity contribution >= 4 is 43.8 Å². The summed E-state index contributed by atoms with van der Waals surface area (Å²) < 4.78 is 1.18. The summed E-state index contributed by atoms with van der Waals surface area (Å²) in [6.07, 6.45) is 1.43. The molecule has 7 heteroatoms. The lowest BCUT2D eigenvalue weighted by atomic mass is 10.0. The van der Waals surface area contributed by atoms with Gasteiger partial charge in [0, 0.05) is 49.1 Å². The largest absolute Gasteiger partial charge is 0.317 e. The lowest BCUT2D eigenvalue weighted by Crippen LogP contribution is -2.35. The number of nitrogens with zero attached hydrogens (tertiary/aromatic N) is 2. The smallest absolute Gasteiger partial charge is 0.226 e. The Hall–Kier alpha value is -2.58. The van der Waals surface area contributed by atoms with Crippen LogP contribution >= 0.6 is 22.7 Å². The van der Waals surface area contributed by atoms with E-state index in [1.165, 1.54) is 20.7 Å². The molecule has 0 saturated carbocycles. The molecule has 4 aromatic rings. The van der Waals surface area contributed by atoms with Gasteiger partial charge in [-0.1, -0.05) is 42.5 Å². The minimum absolute atomic E-state index is 0.0437. The number of rotatable bonds is 8. The Morgan fingerprint density at radius 2 is 1.88 bits per heavy atom. The molecule has 5 rings (SSSR count). The topological polar surface area (TPSA) is 57.3 Å². The van der Waals surface area contributed by atoms with Crippen molar-refractivity contribution in [2.45, 2.75) is 45.8 Å². The van der Waals surface area contributed by atoms with Crippen LogP contribution in [0.2, 0.25) is 0 Å². The zero-order chi connectivity index (χ0) is 23.5. The van der Waals surface area contributed by atoms with Crippen LogP contribution in [0.3, 0.4) is 0 Å². The van der Waals surface area contributed by atoms with E-state index in [1.54, 1.807) is 22.7 Å². The standard InChI is InChI=1S/C27H30N4OS2/c1-18(2)31-15-13-20-23(17-31)34-27(25(20)26-29-21-10-6-7-11-22(21)33-26)30-24(32)12-14-28-16-19-8-4-3-5-9-19/h3-11,18,28H,12-17H2,1-2H3,(H,30,32). The van der Waals surface area contributed by atoms with Crippen molar-refractivity contribution in [3.8, 4) is 10.6 Å². The maximum absolute atomic E-state index is 12.9.